The molecule has 0 aromatic carbocycles. The van der Waals surface area contributed by atoms with Crippen molar-refractivity contribution in [3.63, 3.8) is 0 Å². The van der Waals surface area contributed by atoms with Gasteiger partial charge in [-0.1, -0.05) is 6.92 Å². The fourth-order valence-corrected chi connectivity index (χ4v) is 1.41. The molecule has 1 aromatic heterocycles. The minimum atomic E-state index is 0.764. The van der Waals surface area contributed by atoms with E-state index in [1.165, 1.54) is 5.82 Å². The van der Waals surface area contributed by atoms with E-state index in [-0.39, 0.29) is 0 Å². The standard InChI is InChI=1S/C8H12N2/c1-7-5-9-8-3-2-4-10(8)6-7/h2-4,7,9H,5-6H2,1H3. The molecule has 0 fully saturated rings. The lowest BCUT2D eigenvalue weighted by Gasteiger charge is -2.22. The molecular weight excluding hydrogens is 124 g/mol. The monoisotopic (exact) mass is 136 g/mol. The molecule has 0 saturated heterocycles. The molecule has 0 spiro atoms. The molecule has 1 aromatic rings. The van der Waals surface area contributed by atoms with Gasteiger partial charge in [0, 0.05) is 19.3 Å². The predicted octanol–water partition coefficient (Wildman–Crippen LogP) is 1.55. The molecule has 0 aliphatic carbocycles. The van der Waals surface area contributed by atoms with Crippen molar-refractivity contribution in [3.05, 3.63) is 18.3 Å². The Morgan fingerprint density at radius 2 is 2.60 bits per heavy atom. The quantitative estimate of drug-likeness (QED) is 0.572. The van der Waals surface area contributed by atoms with Gasteiger partial charge >= 0.3 is 0 Å². The van der Waals surface area contributed by atoms with Crippen molar-refractivity contribution in [2.45, 2.75) is 13.5 Å². The molecule has 2 rings (SSSR count). The molecule has 1 aliphatic heterocycles. The zero-order valence-electron chi connectivity index (χ0n) is 6.17. The summed E-state index contributed by atoms with van der Waals surface area (Å²) in [7, 11) is 0. The highest BCUT2D eigenvalue weighted by molar-refractivity contribution is 5.38. The van der Waals surface area contributed by atoms with Gasteiger partial charge < -0.3 is 9.88 Å². The molecule has 2 heterocycles. The van der Waals surface area contributed by atoms with E-state index in [4.69, 9.17) is 0 Å². The largest absolute Gasteiger partial charge is 0.371 e. The minimum Gasteiger partial charge on any atom is -0.371 e. The lowest BCUT2D eigenvalue weighted by Crippen LogP contribution is -2.24. The normalized spacial score (nSPS) is 23.5. The topological polar surface area (TPSA) is 17.0 Å². The Hall–Kier alpha value is -0.920. The lowest BCUT2D eigenvalue weighted by atomic mass is 10.1. The average Bonchev–Trinajstić information content (AvgIpc) is 2.33. The summed E-state index contributed by atoms with van der Waals surface area (Å²) in [6.45, 7) is 4.54. The number of hydrogen-bond acceptors (Lipinski definition) is 1. The summed E-state index contributed by atoms with van der Waals surface area (Å²) in [5, 5.41) is 3.36. The molecule has 1 unspecified atom stereocenters. The summed E-state index contributed by atoms with van der Waals surface area (Å²) in [4.78, 5) is 0. The Morgan fingerprint density at radius 3 is 3.50 bits per heavy atom. The van der Waals surface area contributed by atoms with Crippen LogP contribution in [0.3, 0.4) is 0 Å². The van der Waals surface area contributed by atoms with Gasteiger partial charge in [0.15, 0.2) is 0 Å². The van der Waals surface area contributed by atoms with Gasteiger partial charge in [-0.3, -0.25) is 0 Å². The highest BCUT2D eigenvalue weighted by Crippen LogP contribution is 2.16. The van der Waals surface area contributed by atoms with Crippen LogP contribution in [0.25, 0.3) is 0 Å². The zero-order valence-corrected chi connectivity index (χ0v) is 6.17. The molecule has 0 amide bonds. The summed E-state index contributed by atoms with van der Waals surface area (Å²) >= 11 is 0. The molecule has 1 atom stereocenters. The fraction of sp³-hybridized carbons (Fsp3) is 0.500. The van der Waals surface area contributed by atoms with Crippen molar-refractivity contribution in [1.82, 2.24) is 4.57 Å². The van der Waals surface area contributed by atoms with Gasteiger partial charge in [-0.15, -0.1) is 0 Å². The number of rotatable bonds is 0. The minimum absolute atomic E-state index is 0.764. The Kier molecular flexibility index (Phi) is 1.19. The van der Waals surface area contributed by atoms with Crippen LogP contribution in [0.15, 0.2) is 18.3 Å². The van der Waals surface area contributed by atoms with Gasteiger partial charge in [-0.05, 0) is 18.1 Å². The second kappa shape index (κ2) is 2.04. The summed E-state index contributed by atoms with van der Waals surface area (Å²) in [5.41, 5.74) is 0. The molecular formula is C8H12N2. The highest BCUT2D eigenvalue weighted by atomic mass is 15.1. The van der Waals surface area contributed by atoms with E-state index in [2.05, 4.69) is 35.1 Å². The van der Waals surface area contributed by atoms with E-state index in [1.807, 2.05) is 0 Å². The average molecular weight is 136 g/mol. The third kappa shape index (κ3) is 0.801. The summed E-state index contributed by atoms with van der Waals surface area (Å²) in [5.74, 6) is 2.03. The first-order chi connectivity index (χ1) is 4.86. The molecule has 1 aliphatic rings. The first kappa shape index (κ1) is 5.83. The summed E-state index contributed by atoms with van der Waals surface area (Å²) in [6.07, 6.45) is 2.12. The van der Waals surface area contributed by atoms with Gasteiger partial charge in [0.1, 0.15) is 5.82 Å². The second-order valence-corrected chi connectivity index (χ2v) is 3.03. The molecule has 0 bridgehead atoms. The molecule has 1 N–H and O–H groups in total. The number of anilines is 1. The van der Waals surface area contributed by atoms with Crippen LogP contribution in [-0.4, -0.2) is 11.1 Å². The molecule has 0 radical (unpaired) electrons. The highest BCUT2D eigenvalue weighted by Gasteiger charge is 2.11. The first-order valence-electron chi connectivity index (χ1n) is 3.75. The van der Waals surface area contributed by atoms with E-state index in [0.29, 0.717) is 0 Å². The number of hydrogen-bond donors (Lipinski definition) is 1. The predicted molar refractivity (Wildman–Crippen MR) is 42.1 cm³/mol. The van der Waals surface area contributed by atoms with E-state index in [9.17, 15) is 0 Å². The number of fused-ring (bicyclic) bond motifs is 1. The van der Waals surface area contributed by atoms with Crippen LogP contribution in [0.2, 0.25) is 0 Å². The Morgan fingerprint density at radius 1 is 1.70 bits per heavy atom. The van der Waals surface area contributed by atoms with Crippen LogP contribution < -0.4 is 5.32 Å². The summed E-state index contributed by atoms with van der Waals surface area (Å²) in [6, 6.07) is 4.20. The third-order valence-electron chi connectivity index (χ3n) is 1.97. The van der Waals surface area contributed by atoms with E-state index in [1.54, 1.807) is 0 Å². The second-order valence-electron chi connectivity index (χ2n) is 3.03. The maximum atomic E-state index is 3.36. The Labute approximate surface area is 60.9 Å². The van der Waals surface area contributed by atoms with Crippen LogP contribution in [0, 0.1) is 5.92 Å². The molecule has 2 nitrogen and oxygen atoms in total. The van der Waals surface area contributed by atoms with Crippen molar-refractivity contribution >= 4 is 5.82 Å². The van der Waals surface area contributed by atoms with Gasteiger partial charge in [-0.25, -0.2) is 0 Å². The molecule has 0 saturated carbocycles. The number of nitrogens with one attached hydrogen (secondary N) is 1. The maximum Gasteiger partial charge on any atom is 0.105 e. The van der Waals surface area contributed by atoms with Gasteiger partial charge in [0.05, 0.1) is 0 Å². The van der Waals surface area contributed by atoms with Crippen LogP contribution in [0.1, 0.15) is 6.92 Å². The van der Waals surface area contributed by atoms with Crippen LogP contribution in [0.5, 0.6) is 0 Å². The van der Waals surface area contributed by atoms with E-state index in [0.717, 1.165) is 19.0 Å². The van der Waals surface area contributed by atoms with Crippen LogP contribution in [-0.2, 0) is 6.54 Å². The maximum absolute atomic E-state index is 3.36. The van der Waals surface area contributed by atoms with Crippen LogP contribution in [0.4, 0.5) is 5.82 Å². The third-order valence-corrected chi connectivity index (χ3v) is 1.97. The molecule has 10 heavy (non-hydrogen) atoms. The molecule has 2 heteroatoms. The smallest absolute Gasteiger partial charge is 0.105 e. The lowest BCUT2D eigenvalue weighted by molar-refractivity contribution is 0.480. The van der Waals surface area contributed by atoms with Crippen molar-refractivity contribution < 1.29 is 0 Å². The molecule has 54 valence electrons. The van der Waals surface area contributed by atoms with Crippen LogP contribution >= 0.6 is 0 Å². The Bertz CT molecular complexity index is 227. The number of aromatic nitrogens is 1. The van der Waals surface area contributed by atoms with E-state index < -0.39 is 0 Å². The summed E-state index contributed by atoms with van der Waals surface area (Å²) < 4.78 is 2.26. The zero-order chi connectivity index (χ0) is 6.97. The van der Waals surface area contributed by atoms with Crippen molar-refractivity contribution in [2.24, 2.45) is 5.92 Å². The Balaban J connectivity index is 2.30. The SMILES string of the molecule is CC1CNc2cccn2C1. The van der Waals surface area contributed by atoms with Crippen molar-refractivity contribution in [2.75, 3.05) is 11.9 Å². The van der Waals surface area contributed by atoms with Gasteiger partial charge in [0.25, 0.3) is 0 Å². The van der Waals surface area contributed by atoms with Gasteiger partial charge in [-0.2, -0.15) is 0 Å². The van der Waals surface area contributed by atoms with Gasteiger partial charge in [0.2, 0.25) is 0 Å². The van der Waals surface area contributed by atoms with E-state index >= 15 is 0 Å². The first-order valence-corrected chi connectivity index (χ1v) is 3.75. The van der Waals surface area contributed by atoms with Crippen molar-refractivity contribution in [1.29, 1.82) is 0 Å². The number of nitrogens with zero attached hydrogens (tertiary/aromatic N) is 1. The fourth-order valence-electron chi connectivity index (χ4n) is 1.41. The van der Waals surface area contributed by atoms with Crippen molar-refractivity contribution in [3.8, 4) is 0 Å².